The van der Waals surface area contributed by atoms with Crippen LogP contribution in [0.4, 0.5) is 15.2 Å². The van der Waals surface area contributed by atoms with Crippen LogP contribution in [0, 0.1) is 5.82 Å². The Morgan fingerprint density at radius 3 is 2.45 bits per heavy atom. The predicted octanol–water partition coefficient (Wildman–Crippen LogP) is 5.99. The van der Waals surface area contributed by atoms with Gasteiger partial charge in [-0.15, -0.1) is 34.4 Å². The Kier molecular flexibility index (Phi) is 6.76. The van der Waals surface area contributed by atoms with Crippen molar-refractivity contribution in [3.63, 3.8) is 0 Å². The number of halogens is 1. The molecule has 5 nitrogen and oxygen atoms in total. The van der Waals surface area contributed by atoms with Gasteiger partial charge in [0.1, 0.15) is 5.82 Å². The topological polar surface area (TPSA) is 71.1 Å². The Labute approximate surface area is 190 Å². The van der Waals surface area contributed by atoms with E-state index in [1.807, 2.05) is 35.0 Å². The van der Waals surface area contributed by atoms with Crippen LogP contribution in [0.5, 0.6) is 0 Å². The fraction of sp³-hybridized carbons (Fsp3) is 0.0455. The Balaban J connectivity index is 1.26. The number of carbonyl (C=O) groups is 2. The monoisotopic (exact) mass is 469 g/mol. The number of thiophene rings is 1. The normalized spacial score (nSPS) is 10.6. The van der Waals surface area contributed by atoms with Gasteiger partial charge in [-0.25, -0.2) is 9.37 Å². The summed E-state index contributed by atoms with van der Waals surface area (Å²) in [6, 6.07) is 16.5. The number of hydrogen-bond donors (Lipinski definition) is 2. The summed E-state index contributed by atoms with van der Waals surface area (Å²) in [5.41, 5.74) is 1.86. The highest BCUT2D eigenvalue weighted by Gasteiger charge is 2.10. The lowest BCUT2D eigenvalue weighted by molar-refractivity contribution is -0.113. The first kappa shape index (κ1) is 21.2. The molecule has 2 N–H and O–H groups in total. The SMILES string of the molecule is O=C(CSc1ccc(NC(=O)c2ccc(F)cc2)cc1)Nc1nc(-c2cccs2)cs1. The maximum Gasteiger partial charge on any atom is 0.255 e. The van der Waals surface area contributed by atoms with Gasteiger partial charge in [0, 0.05) is 21.5 Å². The van der Waals surface area contributed by atoms with Crippen molar-refractivity contribution in [2.75, 3.05) is 16.4 Å². The van der Waals surface area contributed by atoms with Gasteiger partial charge in [-0.05, 0) is 60.0 Å². The van der Waals surface area contributed by atoms with Crippen LogP contribution in [0.1, 0.15) is 10.4 Å². The lowest BCUT2D eigenvalue weighted by Crippen LogP contribution is -2.13. The second-order valence-electron chi connectivity index (χ2n) is 6.34. The molecular weight excluding hydrogens is 453 g/mol. The van der Waals surface area contributed by atoms with Gasteiger partial charge >= 0.3 is 0 Å². The van der Waals surface area contributed by atoms with Crippen LogP contribution in [0.25, 0.3) is 10.6 Å². The van der Waals surface area contributed by atoms with E-state index in [1.165, 1.54) is 47.4 Å². The van der Waals surface area contributed by atoms with Gasteiger partial charge in [-0.1, -0.05) is 6.07 Å². The second-order valence-corrected chi connectivity index (χ2v) is 9.19. The van der Waals surface area contributed by atoms with Gasteiger partial charge in [0.15, 0.2) is 5.13 Å². The highest BCUT2D eigenvalue weighted by molar-refractivity contribution is 8.00. The Bertz CT molecular complexity index is 1170. The van der Waals surface area contributed by atoms with Crippen molar-refractivity contribution < 1.29 is 14.0 Å². The molecule has 2 amide bonds. The van der Waals surface area contributed by atoms with Gasteiger partial charge in [-0.2, -0.15) is 0 Å². The van der Waals surface area contributed by atoms with Crippen LogP contribution in [-0.2, 0) is 4.79 Å². The highest BCUT2D eigenvalue weighted by Crippen LogP contribution is 2.28. The number of rotatable bonds is 7. The minimum atomic E-state index is -0.389. The number of benzene rings is 2. The van der Waals surface area contributed by atoms with E-state index in [1.54, 1.807) is 23.5 Å². The molecule has 156 valence electrons. The second kappa shape index (κ2) is 9.86. The van der Waals surface area contributed by atoms with E-state index in [0.29, 0.717) is 16.4 Å². The molecule has 0 atom stereocenters. The zero-order chi connectivity index (χ0) is 21.6. The third-order valence-electron chi connectivity index (χ3n) is 4.11. The first-order chi connectivity index (χ1) is 15.1. The summed E-state index contributed by atoms with van der Waals surface area (Å²) < 4.78 is 13.0. The molecule has 2 aromatic carbocycles. The van der Waals surface area contributed by atoms with Crippen molar-refractivity contribution in [3.8, 4) is 10.6 Å². The molecule has 9 heteroatoms. The van der Waals surface area contributed by atoms with E-state index in [9.17, 15) is 14.0 Å². The minimum absolute atomic E-state index is 0.134. The summed E-state index contributed by atoms with van der Waals surface area (Å²) >= 11 is 4.39. The van der Waals surface area contributed by atoms with Crippen LogP contribution in [0.2, 0.25) is 0 Å². The minimum Gasteiger partial charge on any atom is -0.322 e. The smallest absolute Gasteiger partial charge is 0.255 e. The van der Waals surface area contributed by atoms with Crippen molar-refractivity contribution in [1.82, 2.24) is 4.98 Å². The standard InChI is InChI=1S/C22H16FN3O2S3/c23-15-5-3-14(4-6-15)21(28)24-16-7-9-17(10-8-16)30-13-20(27)26-22-25-18(12-31-22)19-2-1-11-29-19/h1-12H,13H2,(H,24,28)(H,25,26,27). The predicted molar refractivity (Wildman–Crippen MR) is 126 cm³/mol. The lowest BCUT2D eigenvalue weighted by Gasteiger charge is -2.07. The van der Waals surface area contributed by atoms with Crippen molar-refractivity contribution in [1.29, 1.82) is 0 Å². The Morgan fingerprint density at radius 1 is 0.968 bits per heavy atom. The molecule has 0 saturated carbocycles. The Hall–Kier alpha value is -3.01. The Morgan fingerprint density at radius 2 is 1.74 bits per heavy atom. The zero-order valence-corrected chi connectivity index (χ0v) is 18.5. The molecule has 2 aromatic heterocycles. The molecule has 0 radical (unpaired) electrons. The van der Waals surface area contributed by atoms with Gasteiger partial charge in [0.25, 0.3) is 5.91 Å². The largest absolute Gasteiger partial charge is 0.322 e. The molecule has 4 rings (SSSR count). The fourth-order valence-corrected chi connectivity index (χ4v) is 4.80. The van der Waals surface area contributed by atoms with E-state index in [2.05, 4.69) is 15.6 Å². The number of amides is 2. The third-order valence-corrected chi connectivity index (χ3v) is 6.77. The molecule has 0 aliphatic carbocycles. The van der Waals surface area contributed by atoms with Gasteiger partial charge < -0.3 is 10.6 Å². The highest BCUT2D eigenvalue weighted by atomic mass is 32.2. The van der Waals surface area contributed by atoms with E-state index in [0.717, 1.165) is 15.5 Å². The van der Waals surface area contributed by atoms with Crippen molar-refractivity contribution >= 4 is 57.1 Å². The molecule has 0 aliphatic heterocycles. The molecular formula is C22H16FN3O2S3. The van der Waals surface area contributed by atoms with E-state index < -0.39 is 0 Å². The third kappa shape index (κ3) is 5.78. The number of carbonyl (C=O) groups excluding carboxylic acids is 2. The number of hydrogen-bond acceptors (Lipinski definition) is 6. The number of aromatic nitrogens is 1. The van der Waals surface area contributed by atoms with Gasteiger partial charge in [-0.3, -0.25) is 9.59 Å². The first-order valence-corrected chi connectivity index (χ1v) is 11.9. The summed E-state index contributed by atoms with van der Waals surface area (Å²) in [6.45, 7) is 0. The molecule has 4 aromatic rings. The van der Waals surface area contributed by atoms with Crippen LogP contribution in [-0.4, -0.2) is 22.6 Å². The van der Waals surface area contributed by atoms with Crippen molar-refractivity contribution in [3.05, 3.63) is 82.8 Å². The van der Waals surface area contributed by atoms with E-state index in [4.69, 9.17) is 0 Å². The number of nitrogens with zero attached hydrogens (tertiary/aromatic N) is 1. The lowest BCUT2D eigenvalue weighted by atomic mass is 10.2. The van der Waals surface area contributed by atoms with Crippen LogP contribution in [0.15, 0.2) is 76.3 Å². The fourth-order valence-electron chi connectivity index (χ4n) is 2.61. The maximum absolute atomic E-state index is 13.0. The summed E-state index contributed by atoms with van der Waals surface area (Å²) in [6.07, 6.45) is 0. The summed E-state index contributed by atoms with van der Waals surface area (Å²) in [7, 11) is 0. The summed E-state index contributed by atoms with van der Waals surface area (Å²) in [5.74, 6) is -0.592. The molecule has 0 bridgehead atoms. The molecule has 0 spiro atoms. The molecule has 0 unspecified atom stereocenters. The van der Waals surface area contributed by atoms with Crippen molar-refractivity contribution in [2.45, 2.75) is 4.90 Å². The van der Waals surface area contributed by atoms with E-state index >= 15 is 0 Å². The summed E-state index contributed by atoms with van der Waals surface area (Å²) in [4.78, 5) is 30.8. The molecule has 2 heterocycles. The molecule has 0 aliphatic rings. The average Bonchev–Trinajstić information content (AvgIpc) is 3.46. The number of nitrogens with one attached hydrogen (secondary N) is 2. The first-order valence-electron chi connectivity index (χ1n) is 9.16. The average molecular weight is 470 g/mol. The zero-order valence-electron chi connectivity index (χ0n) is 16.0. The molecule has 31 heavy (non-hydrogen) atoms. The van der Waals surface area contributed by atoms with Crippen LogP contribution in [0.3, 0.4) is 0 Å². The molecule has 0 saturated heterocycles. The summed E-state index contributed by atoms with van der Waals surface area (Å²) in [5, 5.41) is 10.1. The number of anilines is 2. The van der Waals surface area contributed by atoms with Crippen LogP contribution < -0.4 is 10.6 Å². The number of thiazole rings is 1. The quantitative estimate of drug-likeness (QED) is 0.326. The van der Waals surface area contributed by atoms with E-state index in [-0.39, 0.29) is 23.4 Å². The molecule has 0 fully saturated rings. The van der Waals surface area contributed by atoms with Crippen LogP contribution >= 0.6 is 34.4 Å². The van der Waals surface area contributed by atoms with Gasteiger partial charge in [0.05, 0.1) is 16.3 Å². The van der Waals surface area contributed by atoms with Gasteiger partial charge in [0.2, 0.25) is 5.91 Å². The van der Waals surface area contributed by atoms with Crippen molar-refractivity contribution in [2.24, 2.45) is 0 Å². The number of thioether (sulfide) groups is 1. The maximum atomic E-state index is 13.0.